The number of fused-ring (bicyclic) bond motifs is 5. The summed E-state index contributed by atoms with van der Waals surface area (Å²) in [5.41, 5.74) is 1.51. The maximum Gasteiger partial charge on any atom is 0.192 e. The lowest BCUT2D eigenvalue weighted by Crippen LogP contribution is -2.60. The summed E-state index contributed by atoms with van der Waals surface area (Å²) in [4.78, 5) is 24.9. The van der Waals surface area contributed by atoms with Gasteiger partial charge in [0.1, 0.15) is 5.78 Å². The maximum absolute atomic E-state index is 12.7. The molecule has 0 aromatic heterocycles. The highest BCUT2D eigenvalue weighted by atomic mass is 28.4. The first-order valence-electron chi connectivity index (χ1n) is 12.6. The summed E-state index contributed by atoms with van der Waals surface area (Å²) >= 11 is 0. The largest absolute Gasteiger partial charge is 0.414 e. The van der Waals surface area contributed by atoms with Gasteiger partial charge in [-0.25, -0.2) is 0 Å². The molecule has 6 unspecified atom stereocenters. The molecule has 0 amide bonds. The van der Waals surface area contributed by atoms with Crippen LogP contribution in [0.5, 0.6) is 0 Å². The molecular weight excluding hydrogens is 400 g/mol. The summed E-state index contributed by atoms with van der Waals surface area (Å²) in [6.45, 7) is 18.4. The molecule has 31 heavy (non-hydrogen) atoms. The fraction of sp³-hybridized carbons (Fsp3) is 0.852. The average molecular weight is 445 g/mol. The highest BCUT2D eigenvalue weighted by Crippen LogP contribution is 2.67. The highest BCUT2D eigenvalue weighted by Gasteiger charge is 2.63. The van der Waals surface area contributed by atoms with Gasteiger partial charge in [-0.2, -0.15) is 0 Å². The zero-order valence-corrected chi connectivity index (χ0v) is 22.1. The molecule has 0 spiro atoms. The van der Waals surface area contributed by atoms with Crippen molar-refractivity contribution in [1.29, 1.82) is 0 Å². The molecule has 4 aliphatic carbocycles. The summed E-state index contributed by atoms with van der Waals surface area (Å²) in [6, 6.07) is 0. The molecule has 0 heterocycles. The van der Waals surface area contributed by atoms with Crippen molar-refractivity contribution >= 4 is 19.9 Å². The van der Waals surface area contributed by atoms with Gasteiger partial charge in [-0.1, -0.05) is 40.2 Å². The van der Waals surface area contributed by atoms with E-state index in [0.29, 0.717) is 35.7 Å². The van der Waals surface area contributed by atoms with Crippen LogP contribution in [0.25, 0.3) is 0 Å². The lowest BCUT2D eigenvalue weighted by molar-refractivity contribution is -0.141. The third kappa shape index (κ3) is 3.55. The zero-order valence-electron chi connectivity index (χ0n) is 21.1. The van der Waals surface area contributed by atoms with Gasteiger partial charge < -0.3 is 4.43 Å². The van der Waals surface area contributed by atoms with E-state index in [4.69, 9.17) is 4.43 Å². The van der Waals surface area contributed by atoms with Gasteiger partial charge in [0.15, 0.2) is 14.1 Å². The van der Waals surface area contributed by atoms with E-state index in [9.17, 15) is 9.59 Å². The van der Waals surface area contributed by atoms with Gasteiger partial charge in [-0.3, -0.25) is 9.59 Å². The van der Waals surface area contributed by atoms with Gasteiger partial charge in [0, 0.05) is 18.4 Å². The first-order valence-corrected chi connectivity index (χ1v) is 15.5. The van der Waals surface area contributed by atoms with Crippen molar-refractivity contribution in [1.82, 2.24) is 0 Å². The number of ketones is 2. The molecule has 0 aliphatic heterocycles. The number of Topliss-reactive ketones (excluding diaryl/α,β-unsaturated/α-hetero) is 1. The van der Waals surface area contributed by atoms with Crippen molar-refractivity contribution in [2.45, 2.75) is 111 Å². The number of allylic oxidation sites excluding steroid dienone is 1. The number of carbonyl (C=O) groups excluding carboxylic acids is 2. The fourth-order valence-corrected chi connectivity index (χ4v) is 9.32. The van der Waals surface area contributed by atoms with Crippen molar-refractivity contribution in [3.05, 3.63) is 11.6 Å². The van der Waals surface area contributed by atoms with Crippen LogP contribution in [-0.4, -0.2) is 26.0 Å². The van der Waals surface area contributed by atoms with E-state index >= 15 is 0 Å². The molecule has 0 saturated heterocycles. The van der Waals surface area contributed by atoms with E-state index in [1.165, 1.54) is 12.0 Å². The van der Waals surface area contributed by atoms with Crippen LogP contribution in [-0.2, 0) is 14.0 Å². The Kier molecular flexibility index (Phi) is 5.58. The average Bonchev–Trinajstić information content (AvgIpc) is 2.97. The van der Waals surface area contributed by atoms with Crippen LogP contribution in [0, 0.1) is 34.5 Å². The van der Waals surface area contributed by atoms with Gasteiger partial charge in [0.2, 0.25) is 0 Å². The third-order valence-corrected chi connectivity index (χ3v) is 15.1. The Balaban J connectivity index is 1.79. The smallest absolute Gasteiger partial charge is 0.192 e. The summed E-state index contributed by atoms with van der Waals surface area (Å²) in [6.07, 6.45) is 9.26. The summed E-state index contributed by atoms with van der Waals surface area (Å²) in [5, 5.41) is 0.159. The summed E-state index contributed by atoms with van der Waals surface area (Å²) in [7, 11) is -1.97. The lowest BCUT2D eigenvalue weighted by Gasteiger charge is -2.62. The van der Waals surface area contributed by atoms with Gasteiger partial charge >= 0.3 is 0 Å². The van der Waals surface area contributed by atoms with E-state index in [0.717, 1.165) is 32.1 Å². The summed E-state index contributed by atoms with van der Waals surface area (Å²) in [5.74, 6) is 2.56. The molecule has 3 fully saturated rings. The van der Waals surface area contributed by atoms with Crippen LogP contribution < -0.4 is 0 Å². The Morgan fingerprint density at radius 1 is 1.13 bits per heavy atom. The molecule has 3 saturated carbocycles. The number of hydrogen-bond donors (Lipinski definition) is 0. The van der Waals surface area contributed by atoms with Crippen LogP contribution in [0.15, 0.2) is 11.6 Å². The highest BCUT2D eigenvalue weighted by molar-refractivity contribution is 6.74. The molecule has 3 nitrogen and oxygen atoms in total. The zero-order chi connectivity index (χ0) is 23.0. The Morgan fingerprint density at radius 3 is 2.42 bits per heavy atom. The van der Waals surface area contributed by atoms with Crippen molar-refractivity contribution < 1.29 is 14.0 Å². The van der Waals surface area contributed by atoms with Gasteiger partial charge in [0.25, 0.3) is 0 Å². The van der Waals surface area contributed by atoms with Crippen LogP contribution in [0.4, 0.5) is 0 Å². The summed E-state index contributed by atoms with van der Waals surface area (Å²) < 4.78 is 7.27. The van der Waals surface area contributed by atoms with E-state index in [2.05, 4.69) is 47.7 Å². The van der Waals surface area contributed by atoms with E-state index in [1.807, 2.05) is 13.0 Å². The predicted molar refractivity (Wildman–Crippen MR) is 128 cm³/mol. The number of rotatable bonds is 3. The van der Waals surface area contributed by atoms with E-state index in [-0.39, 0.29) is 27.9 Å². The maximum atomic E-state index is 12.7. The molecule has 4 aliphatic rings. The minimum atomic E-state index is -1.97. The van der Waals surface area contributed by atoms with Crippen LogP contribution in [0.1, 0.15) is 86.5 Å². The monoisotopic (exact) mass is 444 g/mol. The molecular formula is C27H44O3Si. The standard InChI is InChI=1S/C27H44O3Si/c1-17(28)21-11-12-22-20-10-9-18-15-19(29)13-14-26(18,5)24(20)23(16-27(21,22)6)30-31(7,8)25(2,3)4/h15,20-24H,9-14,16H2,1-8H3/t20?,21?,22?,23-,24?,26?,27?/m1/s1. The molecule has 0 aromatic rings. The Hall–Kier alpha value is -0.743. The Morgan fingerprint density at radius 2 is 1.81 bits per heavy atom. The minimum Gasteiger partial charge on any atom is -0.414 e. The predicted octanol–water partition coefficient (Wildman–Crippen LogP) is 6.72. The van der Waals surface area contributed by atoms with Crippen molar-refractivity contribution in [3.63, 3.8) is 0 Å². The molecule has 0 bridgehead atoms. The van der Waals surface area contributed by atoms with Crippen molar-refractivity contribution in [2.24, 2.45) is 34.5 Å². The van der Waals surface area contributed by atoms with Crippen molar-refractivity contribution in [3.8, 4) is 0 Å². The van der Waals surface area contributed by atoms with Gasteiger partial charge in [-0.05, 0) is 98.2 Å². The second-order valence-electron chi connectivity index (χ2n) is 13.3. The second-order valence-corrected chi connectivity index (χ2v) is 18.0. The molecule has 4 heteroatoms. The first kappa shape index (κ1) is 23.4. The molecule has 4 rings (SSSR count). The van der Waals surface area contributed by atoms with Crippen LogP contribution >= 0.6 is 0 Å². The second kappa shape index (κ2) is 7.38. The van der Waals surface area contributed by atoms with Crippen LogP contribution in [0.2, 0.25) is 18.1 Å². The minimum absolute atomic E-state index is 0.0576. The number of hydrogen-bond acceptors (Lipinski definition) is 3. The topological polar surface area (TPSA) is 43.4 Å². The molecule has 0 aromatic carbocycles. The van der Waals surface area contributed by atoms with E-state index in [1.54, 1.807) is 0 Å². The first-order chi connectivity index (χ1) is 14.2. The molecule has 174 valence electrons. The quantitative estimate of drug-likeness (QED) is 0.454. The molecule has 7 atom stereocenters. The van der Waals surface area contributed by atoms with E-state index < -0.39 is 8.32 Å². The fourth-order valence-electron chi connectivity index (χ4n) is 7.98. The third-order valence-electron chi connectivity index (χ3n) is 10.6. The molecule has 0 radical (unpaired) electrons. The molecule has 0 N–H and O–H groups in total. The van der Waals surface area contributed by atoms with Gasteiger partial charge in [-0.15, -0.1) is 0 Å². The number of carbonyl (C=O) groups is 2. The lowest BCUT2D eigenvalue weighted by atomic mass is 9.46. The Labute approximate surface area is 190 Å². The van der Waals surface area contributed by atoms with Crippen molar-refractivity contribution in [2.75, 3.05) is 0 Å². The SMILES string of the molecule is CC(=O)C1CCC2C3CCC4=CC(=O)CCC4(C)C3[C@H](O[Si](C)(C)C(C)(C)C)CC12C. The van der Waals surface area contributed by atoms with Gasteiger partial charge in [0.05, 0.1) is 0 Å². The Bertz CT molecular complexity index is 806. The van der Waals surface area contributed by atoms with Crippen LogP contribution in [0.3, 0.4) is 0 Å². The normalized spacial score (nSPS) is 43.0.